The van der Waals surface area contributed by atoms with Crippen LogP contribution in [0.5, 0.6) is 11.5 Å². The van der Waals surface area contributed by atoms with Crippen LogP contribution in [-0.2, 0) is 7.05 Å². The smallest absolute Gasteiger partial charge is 0.252 e. The molecule has 1 aromatic carbocycles. The van der Waals surface area contributed by atoms with Crippen molar-refractivity contribution in [3.8, 4) is 11.5 Å². The number of aryl methyl sites for hydroxylation is 2. The first-order chi connectivity index (χ1) is 12.4. The Labute approximate surface area is 151 Å². The fraction of sp³-hybridized carbons (Fsp3) is 0.316. The zero-order valence-corrected chi connectivity index (χ0v) is 15.5. The van der Waals surface area contributed by atoms with Gasteiger partial charge in [0, 0.05) is 12.7 Å². The van der Waals surface area contributed by atoms with Crippen molar-refractivity contribution in [1.82, 2.24) is 20.1 Å². The highest BCUT2D eigenvalue weighted by molar-refractivity contribution is 6.05. The zero-order chi connectivity index (χ0) is 18.8. The molecule has 0 saturated heterocycles. The molecule has 1 amide bonds. The number of hydrogen-bond donors (Lipinski definition) is 1. The summed E-state index contributed by atoms with van der Waals surface area (Å²) in [5.41, 5.74) is 2.94. The summed E-state index contributed by atoms with van der Waals surface area (Å²) in [4.78, 5) is 17.3. The molecule has 0 radical (unpaired) electrons. The summed E-state index contributed by atoms with van der Waals surface area (Å²) in [5.74, 6) is 1.10. The van der Waals surface area contributed by atoms with Gasteiger partial charge in [-0.1, -0.05) is 6.07 Å². The van der Waals surface area contributed by atoms with Crippen molar-refractivity contribution >= 4 is 16.9 Å². The van der Waals surface area contributed by atoms with E-state index >= 15 is 0 Å². The molecule has 1 N–H and O–H groups in total. The van der Waals surface area contributed by atoms with Crippen LogP contribution in [-0.4, -0.2) is 34.9 Å². The van der Waals surface area contributed by atoms with Crippen LogP contribution in [0.25, 0.3) is 11.0 Å². The molecule has 0 aliphatic rings. The summed E-state index contributed by atoms with van der Waals surface area (Å²) >= 11 is 0. The summed E-state index contributed by atoms with van der Waals surface area (Å²) in [5, 5.41) is 7.96. The molecule has 0 spiro atoms. The van der Waals surface area contributed by atoms with Gasteiger partial charge in [-0.25, -0.2) is 4.98 Å². The molecule has 7 nitrogen and oxygen atoms in total. The summed E-state index contributed by atoms with van der Waals surface area (Å²) < 4.78 is 12.3. The van der Waals surface area contributed by atoms with Gasteiger partial charge in [0.2, 0.25) is 0 Å². The molecule has 0 aliphatic heterocycles. The Morgan fingerprint density at radius 1 is 1.19 bits per heavy atom. The second kappa shape index (κ2) is 7.03. The minimum Gasteiger partial charge on any atom is -0.493 e. The topological polar surface area (TPSA) is 78.3 Å². The highest BCUT2D eigenvalue weighted by Crippen LogP contribution is 2.30. The highest BCUT2D eigenvalue weighted by atomic mass is 16.5. The fourth-order valence-corrected chi connectivity index (χ4v) is 2.91. The lowest BCUT2D eigenvalue weighted by Crippen LogP contribution is -2.27. The van der Waals surface area contributed by atoms with Gasteiger partial charge in [0.15, 0.2) is 17.1 Å². The molecule has 0 saturated carbocycles. The van der Waals surface area contributed by atoms with E-state index in [-0.39, 0.29) is 11.9 Å². The van der Waals surface area contributed by atoms with Gasteiger partial charge >= 0.3 is 0 Å². The van der Waals surface area contributed by atoms with E-state index in [0.29, 0.717) is 22.7 Å². The van der Waals surface area contributed by atoms with Crippen molar-refractivity contribution in [2.75, 3.05) is 14.2 Å². The van der Waals surface area contributed by atoms with Crippen LogP contribution in [0.2, 0.25) is 0 Å². The molecule has 0 bridgehead atoms. The number of rotatable bonds is 5. The standard InChI is InChI=1S/C19H22N4O3/c1-11-8-14(15-10-20-23(3)18(15)21-11)19(24)22-12(2)13-6-7-16(25-4)17(9-13)26-5/h6-10,12H,1-5H3,(H,22,24)/t12-/m1/s1. The number of pyridine rings is 1. The van der Waals surface area contributed by atoms with Gasteiger partial charge in [-0.05, 0) is 37.6 Å². The monoisotopic (exact) mass is 354 g/mol. The van der Waals surface area contributed by atoms with E-state index < -0.39 is 0 Å². The van der Waals surface area contributed by atoms with Gasteiger partial charge < -0.3 is 14.8 Å². The zero-order valence-electron chi connectivity index (χ0n) is 15.5. The Balaban J connectivity index is 1.88. The van der Waals surface area contributed by atoms with E-state index in [1.54, 1.807) is 31.2 Å². The fourth-order valence-electron chi connectivity index (χ4n) is 2.91. The first-order valence-electron chi connectivity index (χ1n) is 8.26. The summed E-state index contributed by atoms with van der Waals surface area (Å²) in [6, 6.07) is 7.17. The van der Waals surface area contributed by atoms with Crippen LogP contribution in [0.1, 0.15) is 34.6 Å². The third-order valence-corrected chi connectivity index (χ3v) is 4.33. The maximum atomic E-state index is 12.8. The molecule has 136 valence electrons. The first kappa shape index (κ1) is 17.7. The summed E-state index contributed by atoms with van der Waals surface area (Å²) in [6.45, 7) is 3.79. The third kappa shape index (κ3) is 3.20. The van der Waals surface area contributed by atoms with Gasteiger partial charge in [0.25, 0.3) is 5.91 Å². The van der Waals surface area contributed by atoms with E-state index in [2.05, 4.69) is 15.4 Å². The Bertz CT molecular complexity index is 965. The van der Waals surface area contributed by atoms with Crippen LogP contribution in [0, 0.1) is 6.92 Å². The van der Waals surface area contributed by atoms with E-state index in [1.165, 1.54) is 0 Å². The van der Waals surface area contributed by atoms with Gasteiger partial charge in [-0.15, -0.1) is 0 Å². The Morgan fingerprint density at radius 3 is 2.62 bits per heavy atom. The van der Waals surface area contributed by atoms with E-state index in [9.17, 15) is 4.79 Å². The normalized spacial score (nSPS) is 12.0. The lowest BCUT2D eigenvalue weighted by molar-refractivity contribution is 0.0941. The molecule has 0 unspecified atom stereocenters. The molecule has 3 rings (SSSR count). The van der Waals surface area contributed by atoms with Crippen LogP contribution < -0.4 is 14.8 Å². The van der Waals surface area contributed by atoms with E-state index in [4.69, 9.17) is 9.47 Å². The molecule has 26 heavy (non-hydrogen) atoms. The third-order valence-electron chi connectivity index (χ3n) is 4.33. The predicted molar refractivity (Wildman–Crippen MR) is 98.7 cm³/mol. The molecule has 0 fully saturated rings. The SMILES string of the molecule is COc1ccc([C@@H](C)NC(=O)c2cc(C)nc3c2cnn3C)cc1OC. The minimum absolute atomic E-state index is 0.171. The largest absolute Gasteiger partial charge is 0.493 e. The molecule has 7 heteroatoms. The molecule has 2 heterocycles. The van der Waals surface area contributed by atoms with Gasteiger partial charge in [0.05, 0.1) is 37.4 Å². The van der Waals surface area contributed by atoms with Crippen LogP contribution in [0.3, 0.4) is 0 Å². The van der Waals surface area contributed by atoms with Gasteiger partial charge in [0.1, 0.15) is 0 Å². The van der Waals surface area contributed by atoms with Crippen molar-refractivity contribution in [1.29, 1.82) is 0 Å². The summed E-state index contributed by atoms with van der Waals surface area (Å²) in [7, 11) is 4.99. The first-order valence-corrected chi connectivity index (χ1v) is 8.26. The predicted octanol–water partition coefficient (Wildman–Crippen LogP) is 2.78. The second-order valence-corrected chi connectivity index (χ2v) is 6.13. The number of hydrogen-bond acceptors (Lipinski definition) is 5. The lowest BCUT2D eigenvalue weighted by Gasteiger charge is -2.17. The van der Waals surface area contributed by atoms with Crippen molar-refractivity contribution < 1.29 is 14.3 Å². The van der Waals surface area contributed by atoms with Crippen molar-refractivity contribution in [2.45, 2.75) is 19.9 Å². The Morgan fingerprint density at radius 2 is 1.92 bits per heavy atom. The van der Waals surface area contributed by atoms with Crippen LogP contribution in [0.15, 0.2) is 30.5 Å². The molecule has 3 aromatic rings. The molecular weight excluding hydrogens is 332 g/mol. The molecule has 0 aliphatic carbocycles. The highest BCUT2D eigenvalue weighted by Gasteiger charge is 2.18. The van der Waals surface area contributed by atoms with Crippen molar-refractivity contribution in [3.63, 3.8) is 0 Å². The number of nitrogens with zero attached hydrogens (tertiary/aromatic N) is 3. The lowest BCUT2D eigenvalue weighted by atomic mass is 10.1. The Hall–Kier alpha value is -3.09. The maximum absolute atomic E-state index is 12.8. The van der Waals surface area contributed by atoms with E-state index in [1.807, 2.05) is 39.1 Å². The molecule has 1 atom stereocenters. The van der Waals surface area contributed by atoms with Gasteiger partial charge in [-0.3, -0.25) is 9.48 Å². The molecule has 2 aromatic heterocycles. The number of carbonyl (C=O) groups is 1. The average molecular weight is 354 g/mol. The number of benzene rings is 1. The second-order valence-electron chi connectivity index (χ2n) is 6.13. The maximum Gasteiger partial charge on any atom is 0.252 e. The van der Waals surface area contributed by atoms with E-state index in [0.717, 1.165) is 16.6 Å². The number of aromatic nitrogens is 3. The van der Waals surface area contributed by atoms with Crippen LogP contribution in [0.4, 0.5) is 0 Å². The number of ether oxygens (including phenoxy) is 2. The quantitative estimate of drug-likeness (QED) is 0.762. The van der Waals surface area contributed by atoms with Crippen molar-refractivity contribution in [2.24, 2.45) is 7.05 Å². The molecular formula is C19H22N4O3. The number of amides is 1. The van der Waals surface area contributed by atoms with Crippen LogP contribution >= 0.6 is 0 Å². The number of methoxy groups -OCH3 is 2. The van der Waals surface area contributed by atoms with Crippen molar-refractivity contribution in [3.05, 3.63) is 47.3 Å². The minimum atomic E-state index is -0.206. The Kier molecular flexibility index (Phi) is 4.79. The summed E-state index contributed by atoms with van der Waals surface area (Å²) in [6.07, 6.45) is 1.66. The number of fused-ring (bicyclic) bond motifs is 1. The number of carbonyl (C=O) groups excluding carboxylic acids is 1. The van der Waals surface area contributed by atoms with Gasteiger partial charge in [-0.2, -0.15) is 5.10 Å². The number of nitrogens with one attached hydrogen (secondary N) is 1. The average Bonchev–Trinajstić information content (AvgIpc) is 3.01.